The van der Waals surface area contributed by atoms with Gasteiger partial charge in [0.2, 0.25) is 11.9 Å². The van der Waals surface area contributed by atoms with Gasteiger partial charge in [-0.3, -0.25) is 4.79 Å². The maximum Gasteiger partial charge on any atom is 0.225 e. The topological polar surface area (TPSA) is 69.6 Å². The molecule has 98 valence electrons. The number of anilines is 1. The first-order chi connectivity index (χ1) is 8.61. The molecule has 0 radical (unpaired) electrons. The van der Waals surface area contributed by atoms with Crippen molar-refractivity contribution >= 4 is 27.8 Å². The Morgan fingerprint density at radius 2 is 2.17 bits per heavy atom. The van der Waals surface area contributed by atoms with Gasteiger partial charge in [-0.05, 0) is 15.9 Å². The fourth-order valence-corrected chi connectivity index (χ4v) is 2.28. The number of aliphatic hydroxyl groups is 1. The molecule has 1 aromatic heterocycles. The molecule has 1 saturated heterocycles. The molecule has 6 nitrogen and oxygen atoms in total. The van der Waals surface area contributed by atoms with E-state index in [0.717, 1.165) is 4.47 Å². The van der Waals surface area contributed by atoms with E-state index in [1.165, 1.54) is 6.92 Å². The van der Waals surface area contributed by atoms with Crippen molar-refractivity contribution in [3.8, 4) is 0 Å². The number of aliphatic hydroxyl groups excluding tert-OH is 1. The molecule has 0 aromatic carbocycles. The first kappa shape index (κ1) is 13.2. The van der Waals surface area contributed by atoms with Gasteiger partial charge < -0.3 is 14.9 Å². The fraction of sp³-hybridized carbons (Fsp3) is 0.545. The van der Waals surface area contributed by atoms with Crippen molar-refractivity contribution in [3.63, 3.8) is 0 Å². The van der Waals surface area contributed by atoms with E-state index >= 15 is 0 Å². The van der Waals surface area contributed by atoms with Crippen LogP contribution in [0, 0.1) is 0 Å². The first-order valence-corrected chi connectivity index (χ1v) is 6.51. The largest absolute Gasteiger partial charge is 0.394 e. The van der Waals surface area contributed by atoms with E-state index in [4.69, 9.17) is 0 Å². The Labute approximate surface area is 114 Å². The zero-order valence-corrected chi connectivity index (χ0v) is 11.7. The number of halogens is 1. The van der Waals surface area contributed by atoms with Crippen LogP contribution in [0.2, 0.25) is 0 Å². The second-order valence-electron chi connectivity index (χ2n) is 4.20. The molecule has 18 heavy (non-hydrogen) atoms. The van der Waals surface area contributed by atoms with E-state index < -0.39 is 0 Å². The molecule has 1 aliphatic rings. The molecular formula is C11H15BrN4O2. The number of aromatic nitrogens is 2. The lowest BCUT2D eigenvalue weighted by Gasteiger charge is -2.40. The van der Waals surface area contributed by atoms with Gasteiger partial charge in [0.1, 0.15) is 0 Å². The Balaban J connectivity index is 2.09. The van der Waals surface area contributed by atoms with Crippen molar-refractivity contribution in [2.45, 2.75) is 13.0 Å². The summed E-state index contributed by atoms with van der Waals surface area (Å²) >= 11 is 3.29. The average molecular weight is 315 g/mol. The van der Waals surface area contributed by atoms with E-state index in [2.05, 4.69) is 25.9 Å². The number of hydrogen-bond donors (Lipinski definition) is 1. The summed E-state index contributed by atoms with van der Waals surface area (Å²) in [6, 6.07) is -0.191. The Morgan fingerprint density at radius 3 is 2.72 bits per heavy atom. The lowest BCUT2D eigenvalue weighted by molar-refractivity contribution is -0.132. The van der Waals surface area contributed by atoms with E-state index in [1.54, 1.807) is 17.3 Å². The Morgan fingerprint density at radius 1 is 1.50 bits per heavy atom. The van der Waals surface area contributed by atoms with Crippen LogP contribution in [0.15, 0.2) is 16.9 Å². The number of piperazine rings is 1. The average Bonchev–Trinajstić information content (AvgIpc) is 2.38. The third-order valence-electron chi connectivity index (χ3n) is 2.99. The number of carbonyl (C=O) groups is 1. The van der Waals surface area contributed by atoms with Crippen molar-refractivity contribution in [1.29, 1.82) is 0 Å². The summed E-state index contributed by atoms with van der Waals surface area (Å²) in [6.45, 7) is 3.29. The molecule has 2 rings (SSSR count). The molecule has 0 bridgehead atoms. The second-order valence-corrected chi connectivity index (χ2v) is 5.11. The minimum Gasteiger partial charge on any atom is -0.394 e. The maximum absolute atomic E-state index is 11.4. The van der Waals surface area contributed by atoms with E-state index in [0.29, 0.717) is 25.6 Å². The SMILES string of the molecule is CC(=O)N1CCN(c2ncc(Br)cn2)C[C@@H]1CO. The first-order valence-electron chi connectivity index (χ1n) is 5.72. The monoisotopic (exact) mass is 314 g/mol. The molecular weight excluding hydrogens is 300 g/mol. The van der Waals surface area contributed by atoms with Gasteiger partial charge in [-0.2, -0.15) is 0 Å². The van der Waals surface area contributed by atoms with Crippen molar-refractivity contribution in [2.75, 3.05) is 31.1 Å². The van der Waals surface area contributed by atoms with E-state index in [9.17, 15) is 9.90 Å². The lowest BCUT2D eigenvalue weighted by Crippen LogP contribution is -2.56. The van der Waals surface area contributed by atoms with Gasteiger partial charge in [0, 0.05) is 39.0 Å². The summed E-state index contributed by atoms with van der Waals surface area (Å²) in [6.07, 6.45) is 3.38. The zero-order chi connectivity index (χ0) is 13.1. The van der Waals surface area contributed by atoms with Crippen LogP contribution in [0.25, 0.3) is 0 Å². The van der Waals surface area contributed by atoms with Crippen molar-refractivity contribution in [1.82, 2.24) is 14.9 Å². The molecule has 0 spiro atoms. The summed E-state index contributed by atoms with van der Waals surface area (Å²) in [4.78, 5) is 23.5. The zero-order valence-electron chi connectivity index (χ0n) is 10.1. The van der Waals surface area contributed by atoms with Gasteiger partial charge >= 0.3 is 0 Å². The van der Waals surface area contributed by atoms with Crippen LogP contribution >= 0.6 is 15.9 Å². The maximum atomic E-state index is 11.4. The smallest absolute Gasteiger partial charge is 0.225 e. The quantitative estimate of drug-likeness (QED) is 0.848. The van der Waals surface area contributed by atoms with Gasteiger partial charge in [0.25, 0.3) is 0 Å². The summed E-state index contributed by atoms with van der Waals surface area (Å²) in [5.74, 6) is 0.616. The number of hydrogen-bond acceptors (Lipinski definition) is 5. The fourth-order valence-electron chi connectivity index (χ4n) is 2.08. The number of nitrogens with zero attached hydrogens (tertiary/aromatic N) is 4. The van der Waals surface area contributed by atoms with Crippen LogP contribution in [0.1, 0.15) is 6.92 Å². The Bertz CT molecular complexity index is 426. The highest BCUT2D eigenvalue weighted by molar-refractivity contribution is 9.10. The molecule has 0 saturated carbocycles. The van der Waals surface area contributed by atoms with Crippen LogP contribution in [0.5, 0.6) is 0 Å². The molecule has 0 aliphatic carbocycles. The molecule has 1 amide bonds. The van der Waals surface area contributed by atoms with Crippen LogP contribution in [0.3, 0.4) is 0 Å². The highest BCUT2D eigenvalue weighted by Crippen LogP contribution is 2.16. The van der Waals surface area contributed by atoms with Gasteiger partial charge in [0.05, 0.1) is 17.1 Å². The molecule has 0 unspecified atom stereocenters. The van der Waals surface area contributed by atoms with E-state index in [1.807, 2.05) is 4.90 Å². The second kappa shape index (κ2) is 5.62. The minimum atomic E-state index is -0.191. The van der Waals surface area contributed by atoms with Crippen molar-refractivity contribution < 1.29 is 9.90 Å². The van der Waals surface area contributed by atoms with Crippen LogP contribution in [-0.4, -0.2) is 58.2 Å². The van der Waals surface area contributed by atoms with Crippen molar-refractivity contribution in [3.05, 3.63) is 16.9 Å². The summed E-state index contributed by atoms with van der Waals surface area (Å²) in [7, 11) is 0. The molecule has 1 fully saturated rings. The molecule has 1 aliphatic heterocycles. The predicted molar refractivity (Wildman–Crippen MR) is 70.2 cm³/mol. The Hall–Kier alpha value is -1.21. The highest BCUT2D eigenvalue weighted by Gasteiger charge is 2.29. The number of carbonyl (C=O) groups excluding carboxylic acids is 1. The summed E-state index contributed by atoms with van der Waals surface area (Å²) in [5.41, 5.74) is 0. The predicted octanol–water partition coefficient (Wildman–Crippen LogP) is 0.268. The van der Waals surface area contributed by atoms with E-state index in [-0.39, 0.29) is 18.6 Å². The number of amides is 1. The molecule has 1 atom stereocenters. The molecule has 2 heterocycles. The van der Waals surface area contributed by atoms with Crippen LogP contribution in [0.4, 0.5) is 5.95 Å². The third kappa shape index (κ3) is 2.78. The molecule has 1 N–H and O–H groups in total. The van der Waals surface area contributed by atoms with Crippen molar-refractivity contribution in [2.24, 2.45) is 0 Å². The van der Waals surface area contributed by atoms with Gasteiger partial charge in [-0.1, -0.05) is 0 Å². The summed E-state index contributed by atoms with van der Waals surface area (Å²) in [5, 5.41) is 9.35. The standard InChI is InChI=1S/C11H15BrN4O2/c1-8(18)16-3-2-15(6-10(16)7-17)11-13-4-9(12)5-14-11/h4-5,10,17H,2-3,6-7H2,1H3/t10-/m1/s1. The molecule has 7 heteroatoms. The highest BCUT2D eigenvalue weighted by atomic mass is 79.9. The molecule has 1 aromatic rings. The van der Waals surface area contributed by atoms with Gasteiger partial charge in [-0.15, -0.1) is 0 Å². The van der Waals surface area contributed by atoms with Crippen LogP contribution < -0.4 is 4.90 Å². The lowest BCUT2D eigenvalue weighted by atomic mass is 10.2. The normalized spacial score (nSPS) is 20.1. The number of rotatable bonds is 2. The van der Waals surface area contributed by atoms with Gasteiger partial charge in [0.15, 0.2) is 0 Å². The van der Waals surface area contributed by atoms with Gasteiger partial charge in [-0.25, -0.2) is 9.97 Å². The summed E-state index contributed by atoms with van der Waals surface area (Å²) < 4.78 is 0.826. The van der Waals surface area contributed by atoms with Crippen LogP contribution in [-0.2, 0) is 4.79 Å². The Kier molecular flexibility index (Phi) is 4.13. The third-order valence-corrected chi connectivity index (χ3v) is 3.40. The minimum absolute atomic E-state index is 0.00887.